The minimum atomic E-state index is -0.613. The van der Waals surface area contributed by atoms with Gasteiger partial charge in [0.15, 0.2) is 4.80 Å². The quantitative estimate of drug-likeness (QED) is 0.182. The van der Waals surface area contributed by atoms with Crippen molar-refractivity contribution in [2.24, 2.45) is 4.99 Å². The number of ether oxygens (including phenoxy) is 2. The van der Waals surface area contributed by atoms with Crippen LogP contribution in [0.15, 0.2) is 93.9 Å². The molecule has 6 nitrogen and oxygen atoms in total. The van der Waals surface area contributed by atoms with Gasteiger partial charge < -0.3 is 9.47 Å². The summed E-state index contributed by atoms with van der Waals surface area (Å²) in [5.41, 5.74) is 3.55. The lowest BCUT2D eigenvalue weighted by atomic mass is 9.96. The van der Waals surface area contributed by atoms with Crippen molar-refractivity contribution in [3.05, 3.63) is 128 Å². The molecule has 1 atom stereocenters. The molecule has 0 spiro atoms. The summed E-state index contributed by atoms with van der Waals surface area (Å²) in [4.78, 5) is 32.0. The van der Waals surface area contributed by atoms with Crippen molar-refractivity contribution in [2.75, 3.05) is 6.61 Å². The fourth-order valence-electron chi connectivity index (χ4n) is 4.42. The van der Waals surface area contributed by atoms with Gasteiger partial charge in [-0.25, -0.2) is 9.79 Å². The lowest BCUT2D eigenvalue weighted by Gasteiger charge is -2.24. The highest BCUT2D eigenvalue weighted by molar-refractivity contribution is 14.1. The summed E-state index contributed by atoms with van der Waals surface area (Å²) in [5, 5.41) is 0. The molecule has 0 fully saturated rings. The highest BCUT2D eigenvalue weighted by Crippen LogP contribution is 2.31. The van der Waals surface area contributed by atoms with Gasteiger partial charge in [0.2, 0.25) is 0 Å². The maximum atomic E-state index is 13.8. The SMILES string of the molecule is CCOC(=O)C1=C(C)N=c2s/c(=C\c3cc(I)c(OCc4ccccc4)c(I)c3)c(=O)n2C1c1ccccc1. The van der Waals surface area contributed by atoms with Crippen LogP contribution in [0.4, 0.5) is 0 Å². The van der Waals surface area contributed by atoms with E-state index in [-0.39, 0.29) is 12.2 Å². The van der Waals surface area contributed by atoms with E-state index in [9.17, 15) is 9.59 Å². The summed E-state index contributed by atoms with van der Waals surface area (Å²) < 4.78 is 15.5. The fourth-order valence-corrected chi connectivity index (χ4v) is 7.60. The molecule has 5 rings (SSSR count). The Balaban J connectivity index is 1.56. The molecule has 0 saturated heterocycles. The van der Waals surface area contributed by atoms with E-state index >= 15 is 0 Å². The molecule has 0 saturated carbocycles. The Hall–Kier alpha value is -2.77. The van der Waals surface area contributed by atoms with Crippen molar-refractivity contribution in [3.63, 3.8) is 0 Å². The number of thiazole rings is 1. The first kappa shape index (κ1) is 27.8. The van der Waals surface area contributed by atoms with E-state index in [1.54, 1.807) is 18.4 Å². The van der Waals surface area contributed by atoms with Crippen LogP contribution in [0.5, 0.6) is 5.75 Å². The van der Waals surface area contributed by atoms with Crippen LogP contribution in [-0.4, -0.2) is 17.1 Å². The van der Waals surface area contributed by atoms with E-state index in [4.69, 9.17) is 9.47 Å². The van der Waals surface area contributed by atoms with Crippen molar-refractivity contribution < 1.29 is 14.3 Å². The van der Waals surface area contributed by atoms with Crippen molar-refractivity contribution in [1.82, 2.24) is 4.57 Å². The molecule has 0 N–H and O–H groups in total. The Morgan fingerprint density at radius 1 is 1.05 bits per heavy atom. The Morgan fingerprint density at radius 3 is 2.33 bits per heavy atom. The third-order valence-corrected chi connectivity index (χ3v) is 8.76. The first-order chi connectivity index (χ1) is 18.9. The molecule has 3 aromatic carbocycles. The Kier molecular flexibility index (Phi) is 8.67. The molecule has 0 aliphatic carbocycles. The fraction of sp³-hybridized carbons (Fsp3) is 0.167. The molecular formula is C30H24I2N2O4S. The largest absolute Gasteiger partial charge is 0.487 e. The van der Waals surface area contributed by atoms with Crippen molar-refractivity contribution in [1.29, 1.82) is 0 Å². The predicted molar refractivity (Wildman–Crippen MR) is 169 cm³/mol. The second-order valence-corrected chi connectivity index (χ2v) is 12.1. The van der Waals surface area contributed by atoms with E-state index in [2.05, 4.69) is 50.2 Å². The molecule has 1 aliphatic heterocycles. The van der Waals surface area contributed by atoms with Crippen LogP contribution in [-0.2, 0) is 16.1 Å². The minimum Gasteiger partial charge on any atom is -0.487 e. The van der Waals surface area contributed by atoms with Crippen molar-refractivity contribution >= 4 is 68.6 Å². The standard InChI is InChI=1S/C30H24I2N2O4S/c1-3-37-29(36)25-18(2)33-30-34(26(25)21-12-8-5-9-13-21)28(35)24(39-30)16-20-14-22(31)27(23(32)15-20)38-17-19-10-6-4-7-11-19/h4-16,26H,3,17H2,1-2H3/b24-16-. The van der Waals surface area contributed by atoms with Gasteiger partial charge in [-0.15, -0.1) is 0 Å². The van der Waals surface area contributed by atoms with E-state index < -0.39 is 12.0 Å². The summed E-state index contributed by atoms with van der Waals surface area (Å²) in [6, 6.07) is 23.0. The minimum absolute atomic E-state index is 0.198. The summed E-state index contributed by atoms with van der Waals surface area (Å²) in [6.45, 7) is 4.27. The number of fused-ring (bicyclic) bond motifs is 1. The van der Waals surface area contributed by atoms with Gasteiger partial charge in [0.25, 0.3) is 5.56 Å². The third kappa shape index (κ3) is 5.90. The summed E-state index contributed by atoms with van der Waals surface area (Å²) in [5.74, 6) is 0.356. The van der Waals surface area contributed by atoms with E-state index in [0.717, 1.165) is 29.6 Å². The zero-order valence-electron chi connectivity index (χ0n) is 21.2. The molecule has 2 heterocycles. The number of halogens is 2. The normalized spacial score (nSPS) is 15.1. The molecule has 1 aliphatic rings. The van der Waals surface area contributed by atoms with Crippen LogP contribution in [0, 0.1) is 7.14 Å². The van der Waals surface area contributed by atoms with Crippen LogP contribution in [0.25, 0.3) is 6.08 Å². The van der Waals surface area contributed by atoms with Crippen LogP contribution in [0.3, 0.4) is 0 Å². The third-order valence-electron chi connectivity index (χ3n) is 6.18. The number of allylic oxidation sites excluding steroid dienone is 1. The van der Waals surface area contributed by atoms with Gasteiger partial charge >= 0.3 is 5.97 Å². The molecule has 4 aromatic rings. The molecule has 0 amide bonds. The molecular weight excluding hydrogens is 738 g/mol. The molecule has 1 unspecified atom stereocenters. The van der Waals surface area contributed by atoms with Gasteiger partial charge in [-0.1, -0.05) is 72.0 Å². The summed E-state index contributed by atoms with van der Waals surface area (Å²) in [6.07, 6.45) is 1.88. The maximum Gasteiger partial charge on any atom is 0.338 e. The predicted octanol–water partition coefficient (Wildman–Crippen LogP) is 5.59. The zero-order valence-corrected chi connectivity index (χ0v) is 26.3. The highest BCUT2D eigenvalue weighted by Gasteiger charge is 2.33. The number of esters is 1. The van der Waals surface area contributed by atoms with Gasteiger partial charge in [0, 0.05) is 0 Å². The summed E-state index contributed by atoms with van der Waals surface area (Å²) >= 11 is 5.85. The topological polar surface area (TPSA) is 69.9 Å². The van der Waals surface area contributed by atoms with E-state index in [0.29, 0.717) is 27.2 Å². The van der Waals surface area contributed by atoms with E-state index in [1.165, 1.54) is 11.3 Å². The molecule has 198 valence electrons. The first-order valence-electron chi connectivity index (χ1n) is 12.3. The number of carbonyl (C=O) groups excluding carboxylic acids is 1. The van der Waals surface area contributed by atoms with Crippen LogP contribution in [0.2, 0.25) is 0 Å². The van der Waals surface area contributed by atoms with Crippen molar-refractivity contribution in [2.45, 2.75) is 26.5 Å². The number of benzene rings is 3. The molecule has 9 heteroatoms. The van der Waals surface area contributed by atoms with Crippen molar-refractivity contribution in [3.8, 4) is 5.75 Å². The molecule has 0 bridgehead atoms. The number of rotatable bonds is 7. The van der Waals surface area contributed by atoms with E-state index in [1.807, 2.05) is 78.9 Å². The van der Waals surface area contributed by atoms with Gasteiger partial charge in [0.05, 0.1) is 35.6 Å². The number of hydrogen-bond donors (Lipinski definition) is 0. The Labute approximate surface area is 257 Å². The number of aromatic nitrogens is 1. The second-order valence-electron chi connectivity index (χ2n) is 8.80. The monoisotopic (exact) mass is 762 g/mol. The van der Waals surface area contributed by atoms with Gasteiger partial charge in [-0.2, -0.15) is 0 Å². The van der Waals surface area contributed by atoms with Crippen LogP contribution in [0.1, 0.15) is 36.6 Å². The Bertz CT molecular complexity index is 1720. The molecule has 1 aromatic heterocycles. The Morgan fingerprint density at radius 2 is 1.69 bits per heavy atom. The highest BCUT2D eigenvalue weighted by atomic mass is 127. The second kappa shape index (κ2) is 12.2. The first-order valence-corrected chi connectivity index (χ1v) is 15.2. The number of hydrogen-bond acceptors (Lipinski definition) is 6. The average Bonchev–Trinajstić information content (AvgIpc) is 3.22. The average molecular weight is 762 g/mol. The number of carbonyl (C=O) groups is 1. The number of nitrogens with zero attached hydrogens (tertiary/aromatic N) is 2. The maximum absolute atomic E-state index is 13.8. The lowest BCUT2D eigenvalue weighted by Crippen LogP contribution is -2.39. The smallest absolute Gasteiger partial charge is 0.338 e. The van der Waals surface area contributed by atoms with Gasteiger partial charge in [0.1, 0.15) is 12.4 Å². The summed E-state index contributed by atoms with van der Waals surface area (Å²) in [7, 11) is 0. The lowest BCUT2D eigenvalue weighted by molar-refractivity contribution is -0.139. The van der Waals surface area contributed by atoms with Crippen LogP contribution >= 0.6 is 56.5 Å². The van der Waals surface area contributed by atoms with Crippen LogP contribution < -0.4 is 19.6 Å². The zero-order chi connectivity index (χ0) is 27.5. The molecule has 0 radical (unpaired) electrons. The van der Waals surface area contributed by atoms with Gasteiger partial charge in [-0.05, 0) is 93.9 Å². The van der Waals surface area contributed by atoms with Gasteiger partial charge in [-0.3, -0.25) is 9.36 Å². The molecule has 39 heavy (non-hydrogen) atoms.